The number of thiocarbonyl (C=S) groups is 2. The second-order valence-corrected chi connectivity index (χ2v) is 18.3. The molecule has 0 aliphatic rings. The number of aromatic nitrogens is 4. The molecule has 0 bridgehead atoms. The zero-order valence-corrected chi connectivity index (χ0v) is 44.3. The summed E-state index contributed by atoms with van der Waals surface area (Å²) in [4.78, 5) is 111. The number of unbranched alkanes of at least 4 members (excludes halogenated alkanes) is 1. The van der Waals surface area contributed by atoms with Crippen LogP contribution in [0.3, 0.4) is 0 Å². The van der Waals surface area contributed by atoms with E-state index in [0.29, 0.717) is 42.3 Å². The van der Waals surface area contributed by atoms with E-state index in [0.717, 1.165) is 18.3 Å². The van der Waals surface area contributed by atoms with E-state index in [1.54, 1.807) is 24.3 Å². The lowest BCUT2D eigenvalue weighted by Crippen LogP contribution is -2.49. The first-order valence-corrected chi connectivity index (χ1v) is 24.9. The van der Waals surface area contributed by atoms with Gasteiger partial charge in [0.25, 0.3) is 45.9 Å². The van der Waals surface area contributed by atoms with E-state index in [-0.39, 0.29) is 81.2 Å². The van der Waals surface area contributed by atoms with Crippen molar-refractivity contribution in [2.45, 2.75) is 25.3 Å². The first-order valence-electron chi connectivity index (χ1n) is 24.1. The van der Waals surface area contributed by atoms with Crippen LogP contribution in [0.2, 0.25) is 0 Å². The Morgan fingerprint density at radius 1 is 0.545 bits per heavy atom. The lowest BCUT2D eigenvalue weighted by Gasteiger charge is -2.31. The molecule has 4 amide bonds. The van der Waals surface area contributed by atoms with Crippen molar-refractivity contribution in [2.75, 3.05) is 70.8 Å². The van der Waals surface area contributed by atoms with E-state index in [9.17, 15) is 58.8 Å². The summed E-state index contributed by atoms with van der Waals surface area (Å²) >= 11 is 10.2. The van der Waals surface area contributed by atoms with E-state index in [4.69, 9.17) is 12.2 Å². The van der Waals surface area contributed by atoms with E-state index in [2.05, 4.69) is 54.3 Å². The molecule has 0 aliphatic carbocycles. The quantitative estimate of drug-likeness (QED) is 0.0201. The molecular formula is C50H61N13O12S2. The second-order valence-electron chi connectivity index (χ2n) is 17.7. The number of carbonyl (C=O) groups excluding carboxylic acids is 4. The molecule has 0 spiro atoms. The van der Waals surface area contributed by atoms with Crippen molar-refractivity contribution in [1.82, 2.24) is 54.7 Å². The van der Waals surface area contributed by atoms with E-state index in [1.807, 2.05) is 9.80 Å². The van der Waals surface area contributed by atoms with E-state index < -0.39 is 74.9 Å². The summed E-state index contributed by atoms with van der Waals surface area (Å²) in [6.45, 7) is 1.27. The Kier molecular flexibility index (Phi) is 21.9. The van der Waals surface area contributed by atoms with Crippen LogP contribution in [0.4, 0.5) is 11.4 Å². The molecule has 0 saturated carbocycles. The van der Waals surface area contributed by atoms with Crippen molar-refractivity contribution in [3.05, 3.63) is 137 Å². The first-order chi connectivity index (χ1) is 36.7. The molecule has 1 aromatic carbocycles. The van der Waals surface area contributed by atoms with Crippen molar-refractivity contribution in [1.29, 1.82) is 0 Å². The molecule has 0 aliphatic heterocycles. The predicted molar refractivity (Wildman–Crippen MR) is 294 cm³/mol. The van der Waals surface area contributed by atoms with Gasteiger partial charge in [-0.3, -0.25) is 48.2 Å². The molecule has 0 saturated heterocycles. The van der Waals surface area contributed by atoms with Crippen LogP contribution in [0.5, 0.6) is 23.0 Å². The fraction of sp³-hybridized carbons (Fsp3) is 0.360. The van der Waals surface area contributed by atoms with E-state index >= 15 is 0 Å². The number of benzene rings is 1. The third kappa shape index (κ3) is 16.8. The highest BCUT2D eigenvalue weighted by molar-refractivity contribution is 7.80. The normalized spacial score (nSPS) is 11.4. The summed E-state index contributed by atoms with van der Waals surface area (Å²) in [6.07, 6.45) is 6.80. The maximum atomic E-state index is 13.9. The molecule has 0 radical (unpaired) electrons. The van der Waals surface area contributed by atoms with Gasteiger partial charge in [0.15, 0.2) is 28.1 Å². The van der Waals surface area contributed by atoms with Crippen LogP contribution in [0, 0.1) is 0 Å². The van der Waals surface area contributed by atoms with Gasteiger partial charge < -0.3 is 70.6 Å². The summed E-state index contributed by atoms with van der Waals surface area (Å²) in [6, 6.07) is 11.6. The molecular weight excluding hydrogens is 1040 g/mol. The largest absolute Gasteiger partial charge is 0.502 e. The molecule has 77 heavy (non-hydrogen) atoms. The minimum atomic E-state index is -0.786. The molecule has 4 heterocycles. The molecule has 10 N–H and O–H groups in total. The van der Waals surface area contributed by atoms with Crippen LogP contribution in [0.15, 0.2) is 97.5 Å². The Morgan fingerprint density at radius 3 is 1.35 bits per heavy atom. The number of aliphatic imine (C=N–C) groups is 1. The fourth-order valence-corrected chi connectivity index (χ4v) is 8.05. The van der Waals surface area contributed by atoms with Gasteiger partial charge in [0.05, 0.1) is 33.1 Å². The lowest BCUT2D eigenvalue weighted by molar-refractivity contribution is 0.0900. The number of nitrogens with zero attached hydrogens (tertiary/aromatic N) is 7. The predicted octanol–water partition coefficient (Wildman–Crippen LogP) is 0.187. The summed E-state index contributed by atoms with van der Waals surface area (Å²) in [7, 11) is 5.67. The topological polar surface area (TPSA) is 328 Å². The number of pyridine rings is 4. The van der Waals surface area contributed by atoms with Crippen LogP contribution in [-0.2, 0) is 28.2 Å². The third-order valence-electron chi connectivity index (χ3n) is 12.2. The lowest BCUT2D eigenvalue weighted by atomic mass is 10.1. The molecule has 0 fully saturated rings. The molecule has 5 aromatic rings. The van der Waals surface area contributed by atoms with Crippen LogP contribution in [0.1, 0.15) is 60.7 Å². The molecule has 4 aromatic heterocycles. The van der Waals surface area contributed by atoms with Crippen LogP contribution in [0.25, 0.3) is 0 Å². The monoisotopic (exact) mass is 1100 g/mol. The number of rotatable bonds is 26. The van der Waals surface area contributed by atoms with Crippen LogP contribution >= 0.6 is 24.4 Å². The number of aryl methyl sites for hydroxylation is 4. The van der Waals surface area contributed by atoms with Crippen molar-refractivity contribution in [3.8, 4) is 23.0 Å². The van der Waals surface area contributed by atoms with Crippen LogP contribution < -0.4 is 54.1 Å². The Bertz CT molecular complexity index is 3180. The Morgan fingerprint density at radius 2 is 0.935 bits per heavy atom. The first kappa shape index (κ1) is 59.4. The van der Waals surface area contributed by atoms with Gasteiger partial charge in [-0.1, -0.05) is 0 Å². The van der Waals surface area contributed by atoms with Gasteiger partial charge in [0, 0.05) is 130 Å². The Hall–Kier alpha value is -8.49. The van der Waals surface area contributed by atoms with Crippen LogP contribution in [-0.4, -0.2) is 154 Å². The Balaban J connectivity index is 1.37. The number of amides is 4. The van der Waals surface area contributed by atoms with Gasteiger partial charge in [-0.15, -0.1) is 0 Å². The maximum Gasteiger partial charge on any atom is 0.293 e. The highest BCUT2D eigenvalue weighted by Gasteiger charge is 2.24. The number of hydrogen-bond acceptors (Lipinski definition) is 17. The number of hydrogen-bond donors (Lipinski definition) is 10. The minimum absolute atomic E-state index is 0.0194. The molecule has 410 valence electrons. The standard InChI is InChI=1S/C50H61N13O12S2/c1-58-20-12-34(38(64)46(58)72)42(68)51-17-24-62(25-18-52-43(69)35-13-21-59(2)47(73)39(35)65)27-28-63(26-19-53-44(70)36-14-22-60(3)48(74)40(36)66)29-33(56-45(71)37-15-23-61(4)49(75)41(37)67)7-5-6-16-54-50(77)57-32-10-8-31(9-11-32)55-30-76/h8-15,20-23,33,64-67H,5-7,16-19,24-29H2,1-4H3,(H,51,68)(H,52,69)(H,53,70)(H,56,71)(H2,54,57,77). The van der Waals surface area contributed by atoms with Gasteiger partial charge in [-0.2, -0.15) is 4.99 Å². The zero-order chi connectivity index (χ0) is 56.3. The number of isothiocyanates is 1. The minimum Gasteiger partial charge on any atom is -0.502 e. The second kappa shape index (κ2) is 28.4. The molecule has 1 unspecified atom stereocenters. The Labute approximate surface area is 451 Å². The molecule has 5 rings (SSSR count). The smallest absolute Gasteiger partial charge is 0.293 e. The fourth-order valence-electron chi connectivity index (χ4n) is 7.72. The van der Waals surface area contributed by atoms with E-state index in [1.165, 1.54) is 77.2 Å². The number of aromatic hydroxyl groups is 4. The summed E-state index contributed by atoms with van der Waals surface area (Å²) < 4.78 is 4.45. The van der Waals surface area contributed by atoms with Gasteiger partial charge >= 0.3 is 0 Å². The molecule has 27 heteroatoms. The average Bonchev–Trinajstić information content (AvgIpc) is 3.40. The summed E-state index contributed by atoms with van der Waals surface area (Å²) in [5.41, 5.74) is -2.77. The molecule has 25 nitrogen and oxygen atoms in total. The highest BCUT2D eigenvalue weighted by Crippen LogP contribution is 2.17. The number of anilines is 1. The van der Waals surface area contributed by atoms with Crippen molar-refractivity contribution >= 4 is 69.7 Å². The summed E-state index contributed by atoms with van der Waals surface area (Å²) in [5, 5.41) is 62.0. The van der Waals surface area contributed by atoms with Gasteiger partial charge in [-0.05, 0) is 92.2 Å². The van der Waals surface area contributed by atoms with Gasteiger partial charge in [0.1, 0.15) is 0 Å². The van der Waals surface area contributed by atoms with Crippen molar-refractivity contribution in [2.24, 2.45) is 33.2 Å². The van der Waals surface area contributed by atoms with Crippen molar-refractivity contribution < 1.29 is 39.6 Å². The third-order valence-corrected chi connectivity index (χ3v) is 12.5. The maximum absolute atomic E-state index is 13.9. The molecule has 1 atom stereocenters. The number of carbonyl (C=O) groups is 4. The highest BCUT2D eigenvalue weighted by atomic mass is 32.1. The van der Waals surface area contributed by atoms with Gasteiger partial charge in [0.2, 0.25) is 0 Å². The average molecular weight is 1100 g/mol. The number of nitrogens with one attached hydrogen (secondary N) is 6. The van der Waals surface area contributed by atoms with Crippen molar-refractivity contribution in [3.63, 3.8) is 0 Å². The van der Waals surface area contributed by atoms with Gasteiger partial charge in [-0.25, -0.2) is 0 Å². The summed E-state index contributed by atoms with van der Waals surface area (Å²) in [5.74, 6) is -5.89. The zero-order valence-electron chi connectivity index (χ0n) is 42.7. The SMILES string of the molecule is Cn1ccc(C(=O)NCCN(CCNC(=O)c2ccn(C)c(=O)c2O)CCN(CCNC(=O)c2ccn(C)c(=O)c2O)CC(CCCCNC(=S)Nc2ccc(N=C=S)cc2)NC(=O)c2ccn(C)c(=O)c2O)c(O)c1=O.